The van der Waals surface area contributed by atoms with Gasteiger partial charge in [-0.1, -0.05) is 24.3 Å². The van der Waals surface area contributed by atoms with Crippen LogP contribution in [0, 0.1) is 0 Å². The lowest BCUT2D eigenvalue weighted by Crippen LogP contribution is -2.04. The van der Waals surface area contributed by atoms with Crippen molar-refractivity contribution in [3.05, 3.63) is 42.0 Å². The van der Waals surface area contributed by atoms with E-state index in [9.17, 15) is 0 Å². The molecule has 3 rings (SSSR count). The number of hydrogen-bond donors (Lipinski definition) is 1. The van der Waals surface area contributed by atoms with Gasteiger partial charge in [0.1, 0.15) is 5.82 Å². The third kappa shape index (κ3) is 3.58. The van der Waals surface area contributed by atoms with Crippen molar-refractivity contribution in [1.29, 1.82) is 0 Å². The first-order valence-corrected chi connectivity index (χ1v) is 7.58. The highest BCUT2D eigenvalue weighted by Gasteiger charge is 2.21. The molecular weight excluding hydrogens is 262 g/mol. The molecule has 1 aliphatic rings. The molecule has 1 heterocycles. The SMILES string of the molecule is CCO[C@H](C)c1ccc(-c2ccc(NC3CC3)nn2)cc1. The van der Waals surface area contributed by atoms with Crippen LogP contribution >= 0.6 is 0 Å². The quantitative estimate of drug-likeness (QED) is 0.875. The molecule has 1 aromatic carbocycles. The van der Waals surface area contributed by atoms with Crippen LogP contribution in [0.4, 0.5) is 5.82 Å². The second-order valence-electron chi connectivity index (χ2n) is 5.44. The predicted molar refractivity (Wildman–Crippen MR) is 84.2 cm³/mol. The van der Waals surface area contributed by atoms with Crippen LogP contribution in [0.3, 0.4) is 0 Å². The maximum atomic E-state index is 5.60. The molecule has 110 valence electrons. The number of rotatable bonds is 6. The summed E-state index contributed by atoms with van der Waals surface area (Å²) in [6, 6.07) is 12.9. The fraction of sp³-hybridized carbons (Fsp3) is 0.412. The van der Waals surface area contributed by atoms with Crippen LogP contribution < -0.4 is 5.32 Å². The molecule has 21 heavy (non-hydrogen) atoms. The number of ether oxygens (including phenoxy) is 1. The Hall–Kier alpha value is -1.94. The summed E-state index contributed by atoms with van der Waals surface area (Å²) in [4.78, 5) is 0. The van der Waals surface area contributed by atoms with E-state index >= 15 is 0 Å². The van der Waals surface area contributed by atoms with Gasteiger partial charge in [0.2, 0.25) is 0 Å². The van der Waals surface area contributed by atoms with E-state index in [2.05, 4.69) is 46.7 Å². The molecule has 1 aromatic heterocycles. The third-order valence-electron chi connectivity index (χ3n) is 3.69. The van der Waals surface area contributed by atoms with E-state index in [0.717, 1.165) is 23.7 Å². The summed E-state index contributed by atoms with van der Waals surface area (Å²) < 4.78 is 5.60. The van der Waals surface area contributed by atoms with Crippen LogP contribution in [-0.4, -0.2) is 22.8 Å². The molecule has 0 bridgehead atoms. The molecule has 0 aliphatic heterocycles. The number of hydrogen-bond acceptors (Lipinski definition) is 4. The molecule has 0 spiro atoms. The van der Waals surface area contributed by atoms with Crippen LogP contribution in [0.5, 0.6) is 0 Å². The lowest BCUT2D eigenvalue weighted by molar-refractivity contribution is 0.0764. The van der Waals surface area contributed by atoms with Crippen molar-refractivity contribution in [1.82, 2.24) is 10.2 Å². The minimum Gasteiger partial charge on any atom is -0.374 e. The van der Waals surface area contributed by atoms with Crippen LogP contribution in [0.2, 0.25) is 0 Å². The summed E-state index contributed by atoms with van der Waals surface area (Å²) in [7, 11) is 0. The Balaban J connectivity index is 1.70. The molecule has 4 nitrogen and oxygen atoms in total. The summed E-state index contributed by atoms with van der Waals surface area (Å²) in [5.41, 5.74) is 3.15. The predicted octanol–water partition coefficient (Wildman–Crippen LogP) is 3.82. The molecule has 1 atom stereocenters. The number of aromatic nitrogens is 2. The molecule has 0 saturated heterocycles. The first-order chi connectivity index (χ1) is 10.3. The van der Waals surface area contributed by atoms with Crippen molar-refractivity contribution < 1.29 is 4.74 Å². The normalized spacial score (nSPS) is 15.7. The number of benzene rings is 1. The molecule has 1 N–H and O–H groups in total. The topological polar surface area (TPSA) is 47.0 Å². The lowest BCUT2D eigenvalue weighted by Gasteiger charge is -2.12. The third-order valence-corrected chi connectivity index (χ3v) is 3.69. The van der Waals surface area contributed by atoms with Gasteiger partial charge in [0.25, 0.3) is 0 Å². The number of nitrogens with one attached hydrogen (secondary N) is 1. The van der Waals surface area contributed by atoms with E-state index in [0.29, 0.717) is 6.04 Å². The highest BCUT2D eigenvalue weighted by Crippen LogP contribution is 2.25. The average Bonchev–Trinajstić information content (AvgIpc) is 3.32. The van der Waals surface area contributed by atoms with E-state index in [-0.39, 0.29) is 6.10 Å². The zero-order valence-corrected chi connectivity index (χ0v) is 12.5. The molecule has 1 saturated carbocycles. The van der Waals surface area contributed by atoms with Gasteiger partial charge in [-0.3, -0.25) is 0 Å². The van der Waals surface area contributed by atoms with Gasteiger partial charge in [0, 0.05) is 18.2 Å². The van der Waals surface area contributed by atoms with Crippen LogP contribution in [0.25, 0.3) is 11.3 Å². The van der Waals surface area contributed by atoms with Gasteiger partial charge >= 0.3 is 0 Å². The first-order valence-electron chi connectivity index (χ1n) is 7.58. The first kappa shape index (κ1) is 14.0. The fourth-order valence-corrected chi connectivity index (χ4v) is 2.27. The maximum Gasteiger partial charge on any atom is 0.148 e. The van der Waals surface area contributed by atoms with Gasteiger partial charge in [-0.25, -0.2) is 0 Å². The molecule has 1 fully saturated rings. The van der Waals surface area contributed by atoms with Crippen molar-refractivity contribution in [2.24, 2.45) is 0 Å². The fourth-order valence-electron chi connectivity index (χ4n) is 2.27. The van der Waals surface area contributed by atoms with Gasteiger partial charge in [-0.2, -0.15) is 0 Å². The molecule has 4 heteroatoms. The van der Waals surface area contributed by atoms with Crippen LogP contribution in [0.1, 0.15) is 38.4 Å². The Morgan fingerprint density at radius 1 is 1.14 bits per heavy atom. The van der Waals surface area contributed by atoms with Crippen molar-refractivity contribution in [2.45, 2.75) is 38.8 Å². The van der Waals surface area contributed by atoms with E-state index < -0.39 is 0 Å². The maximum absolute atomic E-state index is 5.60. The Bertz CT molecular complexity index is 576. The zero-order chi connectivity index (χ0) is 14.7. The van der Waals surface area contributed by atoms with Gasteiger partial charge in [0.05, 0.1) is 11.8 Å². The van der Waals surface area contributed by atoms with Crippen molar-refractivity contribution >= 4 is 5.82 Å². The summed E-state index contributed by atoms with van der Waals surface area (Å²) >= 11 is 0. The van der Waals surface area contributed by atoms with Crippen LogP contribution in [0.15, 0.2) is 36.4 Å². The minimum absolute atomic E-state index is 0.125. The second kappa shape index (κ2) is 6.22. The van der Waals surface area contributed by atoms with Crippen molar-refractivity contribution in [2.75, 3.05) is 11.9 Å². The largest absolute Gasteiger partial charge is 0.374 e. The Morgan fingerprint density at radius 2 is 1.90 bits per heavy atom. The molecule has 0 unspecified atom stereocenters. The Morgan fingerprint density at radius 3 is 2.48 bits per heavy atom. The standard InChI is InChI=1S/C17H21N3O/c1-3-21-12(2)13-4-6-14(7-5-13)16-10-11-17(20-19-16)18-15-8-9-15/h4-7,10-12,15H,3,8-9H2,1-2H3,(H,18,20)/t12-/m1/s1. The average molecular weight is 283 g/mol. The molecular formula is C17H21N3O. The van der Waals surface area contributed by atoms with Gasteiger partial charge in [-0.05, 0) is 44.4 Å². The molecule has 1 aliphatic carbocycles. The Labute approximate surface area is 125 Å². The second-order valence-corrected chi connectivity index (χ2v) is 5.44. The highest BCUT2D eigenvalue weighted by atomic mass is 16.5. The summed E-state index contributed by atoms with van der Waals surface area (Å²) in [6.45, 7) is 4.80. The van der Waals surface area contributed by atoms with E-state index in [1.165, 1.54) is 18.4 Å². The van der Waals surface area contributed by atoms with Gasteiger partial charge in [-0.15, -0.1) is 10.2 Å². The van der Waals surface area contributed by atoms with E-state index in [1.807, 2.05) is 19.1 Å². The van der Waals surface area contributed by atoms with Crippen LogP contribution in [-0.2, 0) is 4.74 Å². The summed E-state index contributed by atoms with van der Waals surface area (Å²) in [5, 5.41) is 11.9. The lowest BCUT2D eigenvalue weighted by atomic mass is 10.1. The highest BCUT2D eigenvalue weighted by molar-refractivity contribution is 5.60. The number of anilines is 1. The smallest absolute Gasteiger partial charge is 0.148 e. The molecule has 0 amide bonds. The minimum atomic E-state index is 0.125. The Kier molecular flexibility index (Phi) is 4.15. The number of nitrogens with zero attached hydrogens (tertiary/aromatic N) is 2. The summed E-state index contributed by atoms with van der Waals surface area (Å²) in [5.74, 6) is 0.864. The van der Waals surface area contributed by atoms with Crippen molar-refractivity contribution in [3.63, 3.8) is 0 Å². The van der Waals surface area contributed by atoms with Crippen molar-refractivity contribution in [3.8, 4) is 11.3 Å². The summed E-state index contributed by atoms with van der Waals surface area (Å²) in [6.07, 6.45) is 2.60. The van der Waals surface area contributed by atoms with Gasteiger partial charge in [0.15, 0.2) is 0 Å². The van der Waals surface area contributed by atoms with Gasteiger partial charge < -0.3 is 10.1 Å². The molecule has 0 radical (unpaired) electrons. The van der Waals surface area contributed by atoms with E-state index in [4.69, 9.17) is 4.74 Å². The zero-order valence-electron chi connectivity index (χ0n) is 12.5. The van der Waals surface area contributed by atoms with E-state index in [1.54, 1.807) is 0 Å². The monoisotopic (exact) mass is 283 g/mol. The molecule has 2 aromatic rings.